The number of benzene rings is 2. The molecule has 2 aromatic rings. The van der Waals surface area contributed by atoms with Gasteiger partial charge in [-0.3, -0.25) is 4.90 Å². The lowest BCUT2D eigenvalue weighted by atomic mass is 10.0. The number of nitrogens with one attached hydrogen (secondary N) is 2. The fraction of sp³-hybridized carbons (Fsp3) is 0.238. The van der Waals surface area contributed by atoms with Crippen molar-refractivity contribution in [2.75, 3.05) is 17.3 Å². The van der Waals surface area contributed by atoms with Crippen LogP contribution in [-0.2, 0) is 0 Å². The zero-order valence-corrected chi connectivity index (χ0v) is 17.0. The van der Waals surface area contributed by atoms with Gasteiger partial charge in [-0.1, -0.05) is 11.6 Å². The summed E-state index contributed by atoms with van der Waals surface area (Å²) in [5.74, 6) is 1.11. The van der Waals surface area contributed by atoms with E-state index < -0.39 is 12.1 Å². The van der Waals surface area contributed by atoms with Crippen LogP contribution in [0.4, 0.5) is 21.0 Å². The number of fused-ring (bicyclic) bond motifs is 1. The Morgan fingerprint density at radius 3 is 2.60 bits per heavy atom. The van der Waals surface area contributed by atoms with Gasteiger partial charge >= 0.3 is 12.1 Å². The number of carbonyl (C=O) groups excluding carboxylic acids is 2. The molecule has 1 atom stereocenters. The summed E-state index contributed by atoms with van der Waals surface area (Å²) >= 11 is 6.32. The number of halogens is 1. The van der Waals surface area contributed by atoms with Gasteiger partial charge in [0.2, 0.25) is 0 Å². The number of methoxy groups -OCH3 is 1. The number of nitrogens with two attached hydrogens (primary N) is 1. The van der Waals surface area contributed by atoms with Gasteiger partial charge in [0.05, 0.1) is 23.5 Å². The molecule has 1 unspecified atom stereocenters. The summed E-state index contributed by atoms with van der Waals surface area (Å²) < 4.78 is 11.3. The lowest BCUT2D eigenvalue weighted by Gasteiger charge is -2.29. The molecule has 1 saturated carbocycles. The zero-order chi connectivity index (χ0) is 21.3. The Labute approximate surface area is 178 Å². The highest BCUT2D eigenvalue weighted by Gasteiger charge is 2.26. The number of hydrogen-bond donors (Lipinski definition) is 3. The molecule has 0 aromatic heterocycles. The van der Waals surface area contributed by atoms with Gasteiger partial charge < -0.3 is 25.8 Å². The Kier molecular flexibility index (Phi) is 5.41. The Hall–Kier alpha value is -3.39. The van der Waals surface area contributed by atoms with E-state index in [9.17, 15) is 9.59 Å². The van der Waals surface area contributed by atoms with Crippen LogP contribution in [0, 0.1) is 0 Å². The third-order valence-electron chi connectivity index (χ3n) is 4.82. The Morgan fingerprint density at radius 1 is 1.17 bits per heavy atom. The monoisotopic (exact) mass is 428 g/mol. The van der Waals surface area contributed by atoms with Gasteiger partial charge in [-0.2, -0.15) is 0 Å². The first-order valence-electron chi connectivity index (χ1n) is 9.43. The molecule has 9 heteroatoms. The number of rotatable bonds is 5. The highest BCUT2D eigenvalue weighted by atomic mass is 35.5. The number of hydrogen-bond acceptors (Lipinski definition) is 4. The van der Waals surface area contributed by atoms with Crippen LogP contribution < -0.4 is 30.7 Å². The van der Waals surface area contributed by atoms with E-state index in [0.29, 0.717) is 27.9 Å². The first-order chi connectivity index (χ1) is 14.4. The van der Waals surface area contributed by atoms with E-state index in [-0.39, 0.29) is 12.1 Å². The second-order valence-corrected chi connectivity index (χ2v) is 7.43. The number of carbonyl (C=O) groups is 2. The number of nitrogens with zero attached hydrogens (tertiary/aromatic N) is 1. The van der Waals surface area contributed by atoms with Crippen LogP contribution in [0.2, 0.25) is 5.02 Å². The molecule has 1 aliphatic carbocycles. The van der Waals surface area contributed by atoms with Crippen LogP contribution in [0.15, 0.2) is 48.7 Å². The summed E-state index contributed by atoms with van der Waals surface area (Å²) in [4.78, 5) is 25.0. The van der Waals surface area contributed by atoms with Gasteiger partial charge in [-0.25, -0.2) is 9.59 Å². The normalized spacial score (nSPS) is 17.1. The molecule has 4 amide bonds. The van der Waals surface area contributed by atoms with E-state index in [2.05, 4.69) is 10.6 Å². The number of anilines is 2. The number of amides is 4. The van der Waals surface area contributed by atoms with E-state index in [1.165, 1.54) is 4.90 Å². The minimum atomic E-state index is -0.609. The summed E-state index contributed by atoms with van der Waals surface area (Å²) in [5, 5.41) is 5.93. The van der Waals surface area contributed by atoms with Crippen molar-refractivity contribution in [1.82, 2.24) is 5.32 Å². The smallest absolute Gasteiger partial charge is 0.323 e. The van der Waals surface area contributed by atoms with E-state index in [0.717, 1.165) is 18.4 Å². The molecule has 4 rings (SSSR count). The summed E-state index contributed by atoms with van der Waals surface area (Å²) in [7, 11) is 1.55. The molecule has 4 N–H and O–H groups in total. The largest absolute Gasteiger partial charge is 0.497 e. The van der Waals surface area contributed by atoms with Crippen molar-refractivity contribution >= 4 is 35.0 Å². The predicted molar refractivity (Wildman–Crippen MR) is 114 cm³/mol. The summed E-state index contributed by atoms with van der Waals surface area (Å²) in [6, 6.07) is 9.72. The quantitative estimate of drug-likeness (QED) is 0.664. The molecule has 8 nitrogen and oxygen atoms in total. The Bertz CT molecular complexity index is 1020. The molecule has 1 aliphatic heterocycles. The molecule has 2 aliphatic rings. The van der Waals surface area contributed by atoms with Gasteiger partial charge in [0, 0.05) is 29.9 Å². The molecule has 156 valence electrons. The lowest BCUT2D eigenvalue weighted by molar-refractivity contribution is 0.248. The molecule has 0 saturated heterocycles. The topological polar surface area (TPSA) is 106 Å². The van der Waals surface area contributed by atoms with E-state index in [1.807, 2.05) is 6.07 Å². The van der Waals surface area contributed by atoms with Gasteiger partial charge in [0.25, 0.3) is 0 Å². The number of ether oxygens (including phenoxy) is 2. The molecular formula is C21H21ClN4O4. The van der Waals surface area contributed by atoms with Crippen molar-refractivity contribution in [3.63, 3.8) is 0 Å². The van der Waals surface area contributed by atoms with Crippen molar-refractivity contribution < 1.29 is 19.1 Å². The molecule has 1 fully saturated rings. The first-order valence-corrected chi connectivity index (χ1v) is 9.81. The summed E-state index contributed by atoms with van der Waals surface area (Å²) in [6.45, 7) is 0. The Balaban J connectivity index is 1.52. The van der Waals surface area contributed by atoms with Crippen LogP contribution in [0.25, 0.3) is 0 Å². The molecule has 0 radical (unpaired) electrons. The minimum absolute atomic E-state index is 0.253. The molecular weight excluding hydrogens is 408 g/mol. The highest BCUT2D eigenvalue weighted by molar-refractivity contribution is 6.33. The van der Waals surface area contributed by atoms with Gasteiger partial charge in [-0.15, -0.1) is 0 Å². The van der Waals surface area contributed by atoms with Crippen LogP contribution in [-0.4, -0.2) is 25.2 Å². The fourth-order valence-corrected chi connectivity index (χ4v) is 3.35. The van der Waals surface area contributed by atoms with Crippen molar-refractivity contribution in [2.24, 2.45) is 5.73 Å². The minimum Gasteiger partial charge on any atom is -0.497 e. The maximum absolute atomic E-state index is 11.9. The SMILES string of the molecule is COc1ccc2c(c1)N(C(N)=O)C=CC2Oc1ccc(NC(=O)NC2CC2)c(Cl)c1. The summed E-state index contributed by atoms with van der Waals surface area (Å²) in [6.07, 6.45) is 4.83. The van der Waals surface area contributed by atoms with Crippen LogP contribution in [0.1, 0.15) is 24.5 Å². The standard InChI is InChI=1S/C21H21ClN4O4/c1-29-13-4-6-15-18(11-13)26(20(23)27)9-8-19(15)30-14-5-7-17(16(22)10-14)25-21(28)24-12-2-3-12/h4-12,19H,2-3H2,1H3,(H2,23,27)(H2,24,25,28). The van der Waals surface area contributed by atoms with Crippen molar-refractivity contribution in [1.29, 1.82) is 0 Å². The lowest BCUT2D eigenvalue weighted by Crippen LogP contribution is -2.34. The van der Waals surface area contributed by atoms with Crippen molar-refractivity contribution in [3.05, 3.63) is 59.3 Å². The second kappa shape index (κ2) is 8.16. The van der Waals surface area contributed by atoms with Gasteiger partial charge in [0.15, 0.2) is 0 Å². The summed E-state index contributed by atoms with van der Waals surface area (Å²) in [5.41, 5.74) is 7.30. The maximum atomic E-state index is 11.9. The van der Waals surface area contributed by atoms with E-state index in [4.69, 9.17) is 26.8 Å². The van der Waals surface area contributed by atoms with Crippen molar-refractivity contribution in [2.45, 2.75) is 25.0 Å². The molecule has 2 aromatic carbocycles. The van der Waals surface area contributed by atoms with Crippen LogP contribution in [0.5, 0.6) is 11.5 Å². The number of urea groups is 2. The third-order valence-corrected chi connectivity index (χ3v) is 5.13. The van der Waals surface area contributed by atoms with E-state index in [1.54, 1.807) is 49.7 Å². The van der Waals surface area contributed by atoms with Gasteiger partial charge in [-0.05, 0) is 43.2 Å². The van der Waals surface area contributed by atoms with Gasteiger partial charge in [0.1, 0.15) is 17.6 Å². The average molecular weight is 429 g/mol. The predicted octanol–water partition coefficient (Wildman–Crippen LogP) is 4.17. The zero-order valence-electron chi connectivity index (χ0n) is 16.2. The van der Waals surface area contributed by atoms with Crippen LogP contribution >= 0.6 is 11.6 Å². The maximum Gasteiger partial charge on any atom is 0.323 e. The molecule has 0 bridgehead atoms. The third kappa shape index (κ3) is 4.28. The van der Waals surface area contributed by atoms with E-state index >= 15 is 0 Å². The molecule has 0 spiro atoms. The van der Waals surface area contributed by atoms with Crippen LogP contribution in [0.3, 0.4) is 0 Å². The highest BCUT2D eigenvalue weighted by Crippen LogP contribution is 2.38. The van der Waals surface area contributed by atoms with Crippen molar-refractivity contribution in [3.8, 4) is 11.5 Å². The molecule has 1 heterocycles. The number of primary amides is 1. The Morgan fingerprint density at radius 2 is 1.93 bits per heavy atom. The fourth-order valence-electron chi connectivity index (χ4n) is 3.13. The second-order valence-electron chi connectivity index (χ2n) is 7.03. The average Bonchev–Trinajstić information content (AvgIpc) is 3.53. The first kappa shape index (κ1) is 19.9. The molecule has 30 heavy (non-hydrogen) atoms.